The predicted octanol–water partition coefficient (Wildman–Crippen LogP) is 2.84. The van der Waals surface area contributed by atoms with E-state index in [9.17, 15) is 23.3 Å². The summed E-state index contributed by atoms with van der Waals surface area (Å²) in [5, 5.41) is 13.9. The van der Waals surface area contributed by atoms with Gasteiger partial charge < -0.3 is 5.32 Å². The molecule has 0 spiro atoms. The van der Waals surface area contributed by atoms with Gasteiger partial charge in [0.1, 0.15) is 5.69 Å². The first-order valence-electron chi connectivity index (χ1n) is 10.5. The van der Waals surface area contributed by atoms with Crippen LogP contribution in [0.1, 0.15) is 24.0 Å². The third-order valence-electron chi connectivity index (χ3n) is 5.49. The van der Waals surface area contributed by atoms with E-state index in [0.29, 0.717) is 13.1 Å². The number of benzene rings is 2. The topological polar surface area (TPSA) is 122 Å². The molecule has 1 unspecified atom stereocenters. The largest absolute Gasteiger partial charge is 0.319 e. The van der Waals surface area contributed by atoms with E-state index in [1.807, 2.05) is 11.8 Å². The van der Waals surface area contributed by atoms with Crippen molar-refractivity contribution in [3.05, 3.63) is 63.7 Å². The van der Waals surface area contributed by atoms with Crippen molar-refractivity contribution in [1.29, 1.82) is 0 Å². The number of hydrogen-bond acceptors (Lipinski definition) is 6. The quantitative estimate of drug-likeness (QED) is 0.461. The first-order chi connectivity index (χ1) is 15.1. The van der Waals surface area contributed by atoms with Crippen molar-refractivity contribution in [2.45, 2.75) is 31.6 Å². The lowest BCUT2D eigenvalue weighted by molar-refractivity contribution is -0.384. The van der Waals surface area contributed by atoms with Gasteiger partial charge in [-0.05, 0) is 62.9 Å². The van der Waals surface area contributed by atoms with Crippen LogP contribution in [0.2, 0.25) is 0 Å². The molecule has 0 radical (unpaired) electrons. The molecule has 0 saturated carbocycles. The van der Waals surface area contributed by atoms with Crippen LogP contribution in [0, 0.1) is 29.9 Å². The van der Waals surface area contributed by atoms with Gasteiger partial charge in [0.05, 0.1) is 16.4 Å². The summed E-state index contributed by atoms with van der Waals surface area (Å²) in [4.78, 5) is 25.4. The van der Waals surface area contributed by atoms with E-state index in [4.69, 9.17) is 0 Å². The Morgan fingerprint density at radius 1 is 1.16 bits per heavy atom. The molecule has 9 nitrogen and oxygen atoms in total. The monoisotopic (exact) mass is 460 g/mol. The van der Waals surface area contributed by atoms with Crippen molar-refractivity contribution in [2.75, 3.05) is 31.5 Å². The summed E-state index contributed by atoms with van der Waals surface area (Å²) in [7, 11) is -3.59. The Bertz CT molecular complexity index is 1090. The molecule has 2 aromatic rings. The van der Waals surface area contributed by atoms with Gasteiger partial charge in [-0.1, -0.05) is 23.8 Å². The van der Waals surface area contributed by atoms with E-state index in [-0.39, 0.29) is 41.2 Å². The average molecular weight is 461 g/mol. The van der Waals surface area contributed by atoms with Crippen molar-refractivity contribution in [3.63, 3.8) is 0 Å². The van der Waals surface area contributed by atoms with Crippen LogP contribution in [0.3, 0.4) is 0 Å². The van der Waals surface area contributed by atoms with Gasteiger partial charge in [0, 0.05) is 19.2 Å². The molecule has 1 fully saturated rings. The number of sulfonamides is 1. The maximum Gasteiger partial charge on any atom is 0.293 e. The van der Waals surface area contributed by atoms with Crippen LogP contribution in [0.25, 0.3) is 0 Å². The first kappa shape index (κ1) is 23.8. The molecule has 0 bridgehead atoms. The molecule has 10 heteroatoms. The molecule has 1 heterocycles. The second kappa shape index (κ2) is 10.2. The van der Waals surface area contributed by atoms with Crippen molar-refractivity contribution < 1.29 is 18.1 Å². The molecule has 2 aromatic carbocycles. The van der Waals surface area contributed by atoms with Gasteiger partial charge in [-0.25, -0.2) is 13.1 Å². The number of piperidine rings is 1. The smallest absolute Gasteiger partial charge is 0.293 e. The number of likely N-dealkylation sites (tertiary alicyclic amines) is 1. The van der Waals surface area contributed by atoms with Gasteiger partial charge in [-0.3, -0.25) is 19.8 Å². The standard InChI is InChI=1S/C22H28N4O5S/c1-16-5-8-19(9-6-16)32(30,31)23-13-18-4-3-11-25(14-18)15-22(27)24-20-10-7-17(2)12-21(20)26(28)29/h5-10,12,18,23H,3-4,11,13-15H2,1-2H3,(H,24,27). The lowest BCUT2D eigenvalue weighted by Gasteiger charge is -2.32. The lowest BCUT2D eigenvalue weighted by atomic mass is 9.98. The van der Waals surface area contributed by atoms with Gasteiger partial charge in [0.25, 0.3) is 5.69 Å². The van der Waals surface area contributed by atoms with E-state index in [0.717, 1.165) is 24.0 Å². The average Bonchev–Trinajstić information content (AvgIpc) is 2.74. The summed E-state index contributed by atoms with van der Waals surface area (Å²) in [5.74, 6) is -0.261. The van der Waals surface area contributed by atoms with Crippen LogP contribution in [0.15, 0.2) is 47.4 Å². The normalized spacial score (nSPS) is 17.1. The highest BCUT2D eigenvalue weighted by atomic mass is 32.2. The fourth-order valence-corrected chi connectivity index (χ4v) is 4.90. The van der Waals surface area contributed by atoms with E-state index < -0.39 is 14.9 Å². The number of nitrogens with one attached hydrogen (secondary N) is 2. The Balaban J connectivity index is 1.54. The van der Waals surface area contributed by atoms with Crippen LogP contribution in [-0.2, 0) is 14.8 Å². The molecule has 1 aliphatic heterocycles. The number of carbonyl (C=O) groups excluding carboxylic acids is 1. The molecule has 1 aliphatic rings. The van der Waals surface area contributed by atoms with Crippen molar-refractivity contribution in [2.24, 2.45) is 5.92 Å². The van der Waals surface area contributed by atoms with Gasteiger partial charge in [0.15, 0.2) is 0 Å². The number of nitrogens with zero attached hydrogens (tertiary/aromatic N) is 2. The molecule has 1 amide bonds. The molecule has 0 aromatic heterocycles. The summed E-state index contributed by atoms with van der Waals surface area (Å²) in [6.07, 6.45) is 1.70. The van der Waals surface area contributed by atoms with Crippen LogP contribution in [0.4, 0.5) is 11.4 Å². The number of hydrogen-bond donors (Lipinski definition) is 2. The van der Waals surface area contributed by atoms with Crippen LogP contribution < -0.4 is 10.0 Å². The predicted molar refractivity (Wildman–Crippen MR) is 122 cm³/mol. The Morgan fingerprint density at radius 2 is 1.84 bits per heavy atom. The molecule has 172 valence electrons. The number of amides is 1. The zero-order valence-corrected chi connectivity index (χ0v) is 19.0. The fraction of sp³-hybridized carbons (Fsp3) is 0.409. The number of nitro groups is 1. The van der Waals surface area contributed by atoms with E-state index in [1.54, 1.807) is 37.3 Å². The van der Waals surface area contributed by atoms with Crippen molar-refractivity contribution in [3.8, 4) is 0 Å². The Labute approximate surface area is 188 Å². The van der Waals surface area contributed by atoms with Gasteiger partial charge in [0.2, 0.25) is 15.9 Å². The summed E-state index contributed by atoms with van der Waals surface area (Å²) in [6.45, 7) is 5.31. The molecule has 1 atom stereocenters. The number of aryl methyl sites for hydroxylation is 2. The third-order valence-corrected chi connectivity index (χ3v) is 6.93. The Morgan fingerprint density at radius 3 is 2.53 bits per heavy atom. The van der Waals surface area contributed by atoms with Gasteiger partial charge in [-0.15, -0.1) is 0 Å². The molecule has 0 aliphatic carbocycles. The maximum atomic E-state index is 12.5. The zero-order valence-electron chi connectivity index (χ0n) is 18.2. The Hall–Kier alpha value is -2.82. The number of nitro benzene ring substituents is 1. The maximum absolute atomic E-state index is 12.5. The minimum Gasteiger partial charge on any atom is -0.319 e. The minimum atomic E-state index is -3.59. The van der Waals surface area contributed by atoms with E-state index in [2.05, 4.69) is 10.0 Å². The van der Waals surface area contributed by atoms with Gasteiger partial charge >= 0.3 is 0 Å². The van der Waals surface area contributed by atoms with Crippen LogP contribution in [0.5, 0.6) is 0 Å². The highest BCUT2D eigenvalue weighted by Crippen LogP contribution is 2.25. The molecule has 2 N–H and O–H groups in total. The number of carbonyl (C=O) groups is 1. The Kier molecular flexibility index (Phi) is 7.60. The first-order valence-corrected chi connectivity index (χ1v) is 12.0. The number of rotatable bonds is 8. The molecule has 3 rings (SSSR count). The van der Waals surface area contributed by atoms with Crippen LogP contribution in [-0.4, -0.2) is 50.3 Å². The molecular weight excluding hydrogens is 432 g/mol. The highest BCUT2D eigenvalue weighted by molar-refractivity contribution is 7.89. The molecular formula is C22H28N4O5S. The van der Waals surface area contributed by atoms with E-state index in [1.165, 1.54) is 12.1 Å². The molecule has 32 heavy (non-hydrogen) atoms. The second-order valence-corrected chi connectivity index (χ2v) is 10.0. The second-order valence-electron chi connectivity index (χ2n) is 8.23. The third kappa shape index (κ3) is 6.35. The molecule has 1 saturated heterocycles. The summed E-state index contributed by atoms with van der Waals surface area (Å²) >= 11 is 0. The van der Waals surface area contributed by atoms with Crippen molar-refractivity contribution in [1.82, 2.24) is 9.62 Å². The van der Waals surface area contributed by atoms with E-state index >= 15 is 0 Å². The summed E-state index contributed by atoms with van der Waals surface area (Å²) in [5.41, 5.74) is 1.76. The minimum absolute atomic E-state index is 0.0745. The fourth-order valence-electron chi connectivity index (χ4n) is 3.78. The van der Waals surface area contributed by atoms with Gasteiger partial charge in [-0.2, -0.15) is 0 Å². The summed E-state index contributed by atoms with van der Waals surface area (Å²) in [6, 6.07) is 11.3. The SMILES string of the molecule is Cc1ccc(S(=O)(=O)NCC2CCCN(CC(=O)Nc3ccc(C)cc3[N+](=O)[O-])C2)cc1. The summed E-state index contributed by atoms with van der Waals surface area (Å²) < 4.78 is 27.7. The lowest BCUT2D eigenvalue weighted by Crippen LogP contribution is -2.43. The number of anilines is 1. The zero-order chi connectivity index (χ0) is 23.3. The van der Waals surface area contributed by atoms with Crippen LogP contribution >= 0.6 is 0 Å². The van der Waals surface area contributed by atoms with Crippen molar-refractivity contribution >= 4 is 27.3 Å². The highest BCUT2D eigenvalue weighted by Gasteiger charge is 2.24.